The SMILES string of the molecule is O=C(Cl)COc1ccc(CCl)cc1. The Balaban J connectivity index is 2.54. The quantitative estimate of drug-likeness (QED) is 0.574. The third kappa shape index (κ3) is 3.66. The molecular formula is C9H8Cl2O2. The van der Waals surface area contributed by atoms with Crippen molar-refractivity contribution in [3.8, 4) is 5.75 Å². The molecule has 1 aromatic carbocycles. The fourth-order valence-corrected chi connectivity index (χ4v) is 1.05. The summed E-state index contributed by atoms with van der Waals surface area (Å²) in [5.74, 6) is 1.08. The van der Waals surface area contributed by atoms with Gasteiger partial charge in [-0.15, -0.1) is 11.6 Å². The molecule has 0 atom stereocenters. The fourth-order valence-electron chi connectivity index (χ4n) is 0.815. The van der Waals surface area contributed by atoms with E-state index in [-0.39, 0.29) is 6.61 Å². The second-order valence-electron chi connectivity index (χ2n) is 2.42. The molecule has 0 heterocycles. The van der Waals surface area contributed by atoms with Crippen LogP contribution in [0.5, 0.6) is 5.75 Å². The molecule has 0 N–H and O–H groups in total. The molecule has 4 heteroatoms. The molecule has 13 heavy (non-hydrogen) atoms. The van der Waals surface area contributed by atoms with Gasteiger partial charge in [-0.2, -0.15) is 0 Å². The van der Waals surface area contributed by atoms with E-state index in [9.17, 15) is 4.79 Å². The minimum absolute atomic E-state index is 0.109. The smallest absolute Gasteiger partial charge is 0.259 e. The summed E-state index contributed by atoms with van der Waals surface area (Å²) in [4.78, 5) is 10.4. The van der Waals surface area contributed by atoms with Crippen molar-refractivity contribution in [1.29, 1.82) is 0 Å². The van der Waals surface area contributed by atoms with Gasteiger partial charge in [0, 0.05) is 5.88 Å². The molecule has 0 aliphatic heterocycles. The number of hydrogen-bond acceptors (Lipinski definition) is 2. The highest BCUT2D eigenvalue weighted by atomic mass is 35.5. The summed E-state index contributed by atoms with van der Waals surface area (Å²) in [5, 5.41) is -0.513. The lowest BCUT2D eigenvalue weighted by atomic mass is 10.2. The molecule has 1 aromatic rings. The first-order valence-corrected chi connectivity index (χ1v) is 4.59. The average Bonchev–Trinajstić information content (AvgIpc) is 2.15. The molecule has 0 saturated heterocycles. The Kier molecular flexibility index (Phi) is 4.06. The lowest BCUT2D eigenvalue weighted by molar-refractivity contribution is -0.113. The van der Waals surface area contributed by atoms with E-state index in [1.165, 1.54) is 0 Å². The summed E-state index contributed by atoms with van der Waals surface area (Å²) >= 11 is 10.7. The average molecular weight is 219 g/mol. The number of alkyl halides is 1. The van der Waals surface area contributed by atoms with Crippen molar-refractivity contribution >= 4 is 28.4 Å². The maximum absolute atomic E-state index is 10.4. The van der Waals surface area contributed by atoms with Gasteiger partial charge in [0.2, 0.25) is 0 Å². The van der Waals surface area contributed by atoms with Gasteiger partial charge in [-0.05, 0) is 29.3 Å². The minimum atomic E-state index is -0.513. The highest BCUT2D eigenvalue weighted by molar-refractivity contribution is 6.63. The third-order valence-electron chi connectivity index (χ3n) is 1.43. The summed E-state index contributed by atoms with van der Waals surface area (Å²) in [6.45, 7) is -0.109. The van der Waals surface area contributed by atoms with Gasteiger partial charge >= 0.3 is 0 Å². The second kappa shape index (κ2) is 5.10. The number of halogens is 2. The van der Waals surface area contributed by atoms with Crippen molar-refractivity contribution in [2.24, 2.45) is 0 Å². The lowest BCUT2D eigenvalue weighted by Gasteiger charge is -2.02. The highest BCUT2D eigenvalue weighted by Crippen LogP contribution is 2.13. The Morgan fingerprint density at radius 3 is 2.38 bits per heavy atom. The zero-order chi connectivity index (χ0) is 9.68. The largest absolute Gasteiger partial charge is 0.484 e. The normalized spacial score (nSPS) is 9.69. The van der Waals surface area contributed by atoms with E-state index in [2.05, 4.69) is 0 Å². The van der Waals surface area contributed by atoms with E-state index in [0.29, 0.717) is 11.6 Å². The van der Waals surface area contributed by atoms with Crippen molar-refractivity contribution in [1.82, 2.24) is 0 Å². The van der Waals surface area contributed by atoms with Gasteiger partial charge < -0.3 is 4.74 Å². The van der Waals surface area contributed by atoms with Crippen LogP contribution in [0.15, 0.2) is 24.3 Å². The number of hydrogen-bond donors (Lipinski definition) is 0. The zero-order valence-electron chi connectivity index (χ0n) is 6.80. The fraction of sp³-hybridized carbons (Fsp3) is 0.222. The number of carbonyl (C=O) groups is 1. The molecule has 2 nitrogen and oxygen atoms in total. The van der Waals surface area contributed by atoms with Gasteiger partial charge in [0.15, 0.2) is 6.61 Å². The van der Waals surface area contributed by atoms with Crippen LogP contribution in [0.1, 0.15) is 5.56 Å². The molecule has 70 valence electrons. The molecule has 0 aromatic heterocycles. The van der Waals surface area contributed by atoms with Crippen LogP contribution in [-0.2, 0) is 10.7 Å². The molecule has 0 aliphatic carbocycles. The van der Waals surface area contributed by atoms with Gasteiger partial charge in [-0.3, -0.25) is 4.79 Å². The van der Waals surface area contributed by atoms with Crippen LogP contribution < -0.4 is 4.74 Å². The summed E-state index contributed by atoms with van der Waals surface area (Å²) in [7, 11) is 0. The molecular weight excluding hydrogens is 211 g/mol. The van der Waals surface area contributed by atoms with Crippen LogP contribution in [0.3, 0.4) is 0 Å². The van der Waals surface area contributed by atoms with Gasteiger partial charge in [-0.1, -0.05) is 12.1 Å². The molecule has 0 aliphatic rings. The van der Waals surface area contributed by atoms with Crippen LogP contribution in [0.4, 0.5) is 0 Å². The number of rotatable bonds is 4. The molecule has 1 rings (SSSR count). The molecule has 0 fully saturated rings. The number of benzene rings is 1. The first-order chi connectivity index (χ1) is 6.22. The van der Waals surface area contributed by atoms with Crippen LogP contribution in [0.2, 0.25) is 0 Å². The Morgan fingerprint density at radius 1 is 1.31 bits per heavy atom. The molecule has 0 saturated carbocycles. The van der Waals surface area contributed by atoms with Crippen LogP contribution in [0, 0.1) is 0 Å². The number of carbonyl (C=O) groups excluding carboxylic acids is 1. The predicted octanol–water partition coefficient (Wildman–Crippen LogP) is 2.57. The van der Waals surface area contributed by atoms with Gasteiger partial charge in [-0.25, -0.2) is 0 Å². The maximum atomic E-state index is 10.4. The van der Waals surface area contributed by atoms with Gasteiger partial charge in [0.25, 0.3) is 5.24 Å². The van der Waals surface area contributed by atoms with Crippen LogP contribution in [-0.4, -0.2) is 11.8 Å². The van der Waals surface area contributed by atoms with Crippen molar-refractivity contribution < 1.29 is 9.53 Å². The van der Waals surface area contributed by atoms with E-state index in [1.54, 1.807) is 12.1 Å². The lowest BCUT2D eigenvalue weighted by Crippen LogP contribution is -2.04. The topological polar surface area (TPSA) is 26.3 Å². The molecule has 0 bridgehead atoms. The van der Waals surface area contributed by atoms with E-state index in [1.807, 2.05) is 12.1 Å². The predicted molar refractivity (Wildman–Crippen MR) is 52.4 cm³/mol. The van der Waals surface area contributed by atoms with Crippen LogP contribution >= 0.6 is 23.2 Å². The standard InChI is InChI=1S/C9H8Cl2O2/c10-5-7-1-3-8(4-2-7)13-6-9(11)12/h1-4H,5-6H2. The summed E-state index contributed by atoms with van der Waals surface area (Å²) < 4.78 is 5.04. The Morgan fingerprint density at radius 2 is 1.92 bits per heavy atom. The van der Waals surface area contributed by atoms with Gasteiger partial charge in [0.1, 0.15) is 5.75 Å². The molecule has 0 unspecified atom stereocenters. The monoisotopic (exact) mass is 218 g/mol. The zero-order valence-corrected chi connectivity index (χ0v) is 8.31. The number of ether oxygens (including phenoxy) is 1. The van der Waals surface area contributed by atoms with Crippen molar-refractivity contribution in [3.05, 3.63) is 29.8 Å². The highest BCUT2D eigenvalue weighted by Gasteiger charge is 1.98. The summed E-state index contributed by atoms with van der Waals surface area (Å²) in [6.07, 6.45) is 0. The maximum Gasteiger partial charge on any atom is 0.259 e. The molecule has 0 amide bonds. The second-order valence-corrected chi connectivity index (χ2v) is 3.11. The van der Waals surface area contributed by atoms with Gasteiger partial charge in [0.05, 0.1) is 0 Å². The van der Waals surface area contributed by atoms with Crippen molar-refractivity contribution in [3.63, 3.8) is 0 Å². The third-order valence-corrected chi connectivity index (χ3v) is 1.85. The Bertz CT molecular complexity index is 282. The van der Waals surface area contributed by atoms with Crippen molar-refractivity contribution in [2.45, 2.75) is 5.88 Å². The summed E-state index contributed by atoms with van der Waals surface area (Å²) in [6, 6.07) is 7.16. The summed E-state index contributed by atoms with van der Waals surface area (Å²) in [5.41, 5.74) is 1.01. The molecule has 0 radical (unpaired) electrons. The first kappa shape index (κ1) is 10.4. The van der Waals surface area contributed by atoms with Crippen LogP contribution in [0.25, 0.3) is 0 Å². The van der Waals surface area contributed by atoms with Crippen molar-refractivity contribution in [2.75, 3.05) is 6.61 Å². The van der Waals surface area contributed by atoms with E-state index in [4.69, 9.17) is 27.9 Å². The van der Waals surface area contributed by atoms with E-state index < -0.39 is 5.24 Å². The Labute approximate surface area is 86.4 Å². The minimum Gasteiger partial charge on any atom is -0.484 e. The van der Waals surface area contributed by atoms with E-state index >= 15 is 0 Å². The first-order valence-electron chi connectivity index (χ1n) is 3.68. The molecule has 0 spiro atoms. The Hall–Kier alpha value is -0.730. The van der Waals surface area contributed by atoms with E-state index in [0.717, 1.165) is 5.56 Å².